The van der Waals surface area contributed by atoms with Crippen LogP contribution in [-0.4, -0.2) is 5.97 Å². The first-order valence-corrected chi connectivity index (χ1v) is 10.2. The van der Waals surface area contributed by atoms with Crippen LogP contribution < -0.4 is 4.74 Å². The second-order valence-corrected chi connectivity index (χ2v) is 7.47. The number of benzene rings is 3. The molecule has 0 heterocycles. The van der Waals surface area contributed by atoms with Crippen molar-refractivity contribution in [1.29, 1.82) is 5.26 Å². The van der Waals surface area contributed by atoms with E-state index in [2.05, 4.69) is 6.07 Å². The van der Waals surface area contributed by atoms with Gasteiger partial charge in [0.25, 0.3) is 0 Å². The van der Waals surface area contributed by atoms with Crippen molar-refractivity contribution in [3.63, 3.8) is 0 Å². The lowest BCUT2D eigenvalue weighted by atomic mass is 9.94. The molecule has 0 saturated carbocycles. The Morgan fingerprint density at radius 1 is 0.903 bits per heavy atom. The highest BCUT2D eigenvalue weighted by Gasteiger charge is 2.25. The van der Waals surface area contributed by atoms with Gasteiger partial charge in [-0.15, -0.1) is 0 Å². The van der Waals surface area contributed by atoms with E-state index in [1.54, 1.807) is 24.3 Å². The maximum absolute atomic E-state index is 12.9. The summed E-state index contributed by atoms with van der Waals surface area (Å²) in [7, 11) is 0. The lowest BCUT2D eigenvalue weighted by molar-refractivity contribution is -0.151. The summed E-state index contributed by atoms with van der Waals surface area (Å²) in [5.41, 5.74) is 1.57. The lowest BCUT2D eigenvalue weighted by Gasteiger charge is -2.19. The van der Waals surface area contributed by atoms with Crippen molar-refractivity contribution in [1.82, 2.24) is 0 Å². The molecule has 0 N–H and O–H groups in total. The number of carbonyl (C=O) groups excluding carboxylic acids is 1. The van der Waals surface area contributed by atoms with Crippen molar-refractivity contribution in [3.8, 4) is 17.6 Å². The molecule has 0 fully saturated rings. The van der Waals surface area contributed by atoms with Gasteiger partial charge in [0.1, 0.15) is 17.6 Å². The molecule has 0 spiro atoms. The van der Waals surface area contributed by atoms with Gasteiger partial charge in [-0.2, -0.15) is 5.26 Å². The quantitative estimate of drug-likeness (QED) is 0.393. The molecule has 2 atom stereocenters. The summed E-state index contributed by atoms with van der Waals surface area (Å²) in [6.45, 7) is 3.91. The zero-order valence-corrected chi connectivity index (χ0v) is 17.6. The molecule has 2 unspecified atom stereocenters. The number of hydrogen-bond donors (Lipinski definition) is 0. The van der Waals surface area contributed by atoms with E-state index in [9.17, 15) is 10.1 Å². The smallest absolute Gasteiger partial charge is 0.314 e. The largest absolute Gasteiger partial charge is 0.457 e. The first-order valence-electron chi connectivity index (χ1n) is 10.2. The average molecular weight is 412 g/mol. The molecule has 0 aliphatic rings. The third-order valence-corrected chi connectivity index (χ3v) is 4.78. The van der Waals surface area contributed by atoms with Crippen LogP contribution in [0.1, 0.15) is 31.1 Å². The standard InChI is InChI=1S/C27H25NO3/c1-20(2)25(17-16-21-10-5-3-6-11-21)27(29)31-26(19-28)22-12-9-15-24(18-22)30-23-13-7-4-8-14-23/h3-18,20,25-26H,1-2H3. The van der Waals surface area contributed by atoms with Gasteiger partial charge in [0.05, 0.1) is 5.92 Å². The lowest BCUT2D eigenvalue weighted by Crippen LogP contribution is -2.22. The van der Waals surface area contributed by atoms with Crippen LogP contribution in [0.3, 0.4) is 0 Å². The van der Waals surface area contributed by atoms with E-state index in [0.29, 0.717) is 17.1 Å². The van der Waals surface area contributed by atoms with E-state index < -0.39 is 18.0 Å². The minimum Gasteiger partial charge on any atom is -0.457 e. The molecule has 0 aliphatic heterocycles. The normalized spacial score (nSPS) is 12.8. The molecule has 4 heteroatoms. The summed E-state index contributed by atoms with van der Waals surface area (Å²) in [6, 6.07) is 28.3. The van der Waals surface area contributed by atoms with E-state index >= 15 is 0 Å². The van der Waals surface area contributed by atoms with E-state index in [0.717, 1.165) is 5.56 Å². The Morgan fingerprint density at radius 2 is 1.55 bits per heavy atom. The molecular weight excluding hydrogens is 386 g/mol. The Morgan fingerprint density at radius 3 is 2.19 bits per heavy atom. The van der Waals surface area contributed by atoms with Gasteiger partial charge in [-0.25, -0.2) is 0 Å². The molecule has 0 bridgehead atoms. The molecule has 0 saturated heterocycles. The van der Waals surface area contributed by atoms with Crippen molar-refractivity contribution in [2.24, 2.45) is 11.8 Å². The van der Waals surface area contributed by atoms with Gasteiger partial charge in [0.2, 0.25) is 6.10 Å². The maximum Gasteiger partial charge on any atom is 0.314 e. The second-order valence-electron chi connectivity index (χ2n) is 7.47. The minimum atomic E-state index is -1.02. The molecule has 0 amide bonds. The number of carbonyl (C=O) groups is 1. The van der Waals surface area contributed by atoms with Crippen LogP contribution in [-0.2, 0) is 9.53 Å². The molecule has 4 nitrogen and oxygen atoms in total. The molecule has 31 heavy (non-hydrogen) atoms. The highest BCUT2D eigenvalue weighted by Crippen LogP contribution is 2.27. The summed E-state index contributed by atoms with van der Waals surface area (Å²) in [4.78, 5) is 12.9. The zero-order valence-electron chi connectivity index (χ0n) is 17.6. The van der Waals surface area contributed by atoms with Crippen molar-refractivity contribution in [2.45, 2.75) is 20.0 Å². The van der Waals surface area contributed by atoms with Gasteiger partial charge in [-0.05, 0) is 35.7 Å². The predicted molar refractivity (Wildman–Crippen MR) is 121 cm³/mol. The summed E-state index contributed by atoms with van der Waals surface area (Å²) in [6.07, 6.45) is 2.73. The Bertz CT molecular complexity index is 1050. The number of rotatable bonds is 8. The molecule has 0 aliphatic carbocycles. The van der Waals surface area contributed by atoms with Crippen LogP contribution in [0.4, 0.5) is 0 Å². The van der Waals surface area contributed by atoms with Crippen LogP contribution in [0.25, 0.3) is 6.08 Å². The molecule has 156 valence electrons. The van der Waals surface area contributed by atoms with Crippen LogP contribution in [0.5, 0.6) is 11.5 Å². The van der Waals surface area contributed by atoms with Crippen molar-refractivity contribution >= 4 is 12.0 Å². The third kappa shape index (κ3) is 6.32. The van der Waals surface area contributed by atoms with E-state index in [4.69, 9.17) is 9.47 Å². The Balaban J connectivity index is 1.73. The van der Waals surface area contributed by atoms with Gasteiger partial charge in [0, 0.05) is 5.56 Å². The fourth-order valence-electron chi connectivity index (χ4n) is 3.08. The number of nitrogens with zero attached hydrogens (tertiary/aromatic N) is 1. The van der Waals surface area contributed by atoms with E-state index in [-0.39, 0.29) is 5.92 Å². The molecule has 3 aromatic carbocycles. The summed E-state index contributed by atoms with van der Waals surface area (Å²) in [5, 5.41) is 9.65. The summed E-state index contributed by atoms with van der Waals surface area (Å²) >= 11 is 0. The van der Waals surface area contributed by atoms with Gasteiger partial charge in [0.15, 0.2) is 0 Å². The summed E-state index contributed by atoms with van der Waals surface area (Å²) in [5.74, 6) is 0.405. The highest BCUT2D eigenvalue weighted by atomic mass is 16.5. The molecule has 3 rings (SSSR count). The topological polar surface area (TPSA) is 59.3 Å². The van der Waals surface area contributed by atoms with Crippen LogP contribution in [0.15, 0.2) is 91.0 Å². The fraction of sp³-hybridized carbons (Fsp3) is 0.185. The zero-order chi connectivity index (χ0) is 22.1. The third-order valence-electron chi connectivity index (χ3n) is 4.78. The van der Waals surface area contributed by atoms with Crippen molar-refractivity contribution in [3.05, 3.63) is 102 Å². The Labute approximate surface area is 183 Å². The van der Waals surface area contributed by atoms with Gasteiger partial charge >= 0.3 is 5.97 Å². The SMILES string of the molecule is CC(C)C(C=Cc1ccccc1)C(=O)OC(C#N)c1cccc(Oc2ccccc2)c1. The monoisotopic (exact) mass is 411 g/mol. The highest BCUT2D eigenvalue weighted by molar-refractivity contribution is 5.76. The summed E-state index contributed by atoms with van der Waals surface area (Å²) < 4.78 is 11.4. The minimum absolute atomic E-state index is 0.0274. The fourth-order valence-corrected chi connectivity index (χ4v) is 3.08. The van der Waals surface area contributed by atoms with Gasteiger partial charge in [-0.1, -0.05) is 86.7 Å². The van der Waals surface area contributed by atoms with Crippen molar-refractivity contribution in [2.75, 3.05) is 0 Å². The maximum atomic E-state index is 12.9. The molecule has 0 radical (unpaired) electrons. The number of esters is 1. The first kappa shape index (κ1) is 21.9. The van der Waals surface area contributed by atoms with Crippen LogP contribution in [0.2, 0.25) is 0 Å². The van der Waals surface area contributed by atoms with Crippen LogP contribution >= 0.6 is 0 Å². The first-order chi connectivity index (χ1) is 15.1. The molecule has 3 aromatic rings. The average Bonchev–Trinajstić information content (AvgIpc) is 2.79. The number of hydrogen-bond acceptors (Lipinski definition) is 4. The molecular formula is C27H25NO3. The predicted octanol–water partition coefficient (Wildman–Crippen LogP) is 6.57. The number of para-hydroxylation sites is 1. The van der Waals surface area contributed by atoms with Crippen molar-refractivity contribution < 1.29 is 14.3 Å². The Kier molecular flexibility index (Phi) is 7.61. The van der Waals surface area contributed by atoms with Gasteiger partial charge < -0.3 is 9.47 Å². The van der Waals surface area contributed by atoms with Crippen LogP contribution in [0, 0.1) is 23.2 Å². The van der Waals surface area contributed by atoms with E-state index in [1.807, 2.05) is 86.7 Å². The second kappa shape index (κ2) is 10.8. The van der Waals surface area contributed by atoms with Gasteiger partial charge in [-0.3, -0.25) is 4.79 Å². The molecule has 0 aromatic heterocycles. The number of ether oxygens (including phenoxy) is 2. The van der Waals surface area contributed by atoms with E-state index in [1.165, 1.54) is 0 Å². The Hall–Kier alpha value is -3.84. The number of nitriles is 1.